The highest BCUT2D eigenvalue weighted by molar-refractivity contribution is 6.32. The maximum Gasteiger partial charge on any atom is 0.141 e. The van der Waals surface area contributed by atoms with Crippen LogP contribution in [0, 0.1) is 13.8 Å². The molecule has 3 aromatic rings. The third-order valence-electron chi connectivity index (χ3n) is 6.90. The number of ether oxygens (including phenoxy) is 10. The van der Waals surface area contributed by atoms with Crippen LogP contribution in [0.2, 0.25) is 5.02 Å². The molecule has 0 heterocycles. The van der Waals surface area contributed by atoms with Gasteiger partial charge in [-0.2, -0.15) is 0 Å². The van der Waals surface area contributed by atoms with Crippen molar-refractivity contribution in [2.75, 3.05) is 106 Å². The molecule has 0 aliphatic heterocycles. The number of aryl methyl sites for hydroxylation is 2. The predicted octanol–water partition coefficient (Wildman–Crippen LogP) is 6.25. The minimum Gasteiger partial charge on any atom is -0.491 e. The molecule has 0 aliphatic rings. The van der Waals surface area contributed by atoms with E-state index in [2.05, 4.69) is 62.4 Å². The van der Waals surface area contributed by atoms with Gasteiger partial charge in [0.2, 0.25) is 0 Å². The van der Waals surface area contributed by atoms with Crippen LogP contribution >= 0.6 is 11.6 Å². The largest absolute Gasteiger partial charge is 0.491 e. The quantitative estimate of drug-likeness (QED) is 0.0742. The average Bonchev–Trinajstić information content (AvgIpc) is 3.11. The first-order valence-corrected chi connectivity index (χ1v) is 17.3. The number of rotatable bonds is 30. The van der Waals surface area contributed by atoms with Crippen LogP contribution in [0.25, 0.3) is 0 Å². The molecule has 3 aromatic carbocycles. The molecule has 0 aromatic heterocycles. The van der Waals surface area contributed by atoms with Gasteiger partial charge in [-0.05, 0) is 37.1 Å². The molecule has 0 radical (unpaired) electrons. The zero-order chi connectivity index (χ0) is 34.6. The smallest absolute Gasteiger partial charge is 0.141 e. The van der Waals surface area contributed by atoms with Crippen LogP contribution in [0.5, 0.6) is 11.5 Å². The van der Waals surface area contributed by atoms with E-state index < -0.39 is 0 Å². The predicted molar refractivity (Wildman–Crippen MR) is 189 cm³/mol. The fourth-order valence-electron chi connectivity index (χ4n) is 4.18. The Kier molecular flexibility index (Phi) is 22.4. The van der Waals surface area contributed by atoms with Crippen molar-refractivity contribution in [3.05, 3.63) is 94.0 Å². The molecule has 3 rings (SSSR count). The van der Waals surface area contributed by atoms with Gasteiger partial charge in [-0.15, -0.1) is 0 Å². The van der Waals surface area contributed by atoms with Gasteiger partial charge < -0.3 is 47.4 Å². The van der Waals surface area contributed by atoms with Crippen LogP contribution in [0.4, 0.5) is 0 Å². The molecule has 49 heavy (non-hydrogen) atoms. The normalized spacial score (nSPS) is 11.2. The number of hydrogen-bond donors (Lipinski definition) is 0. The van der Waals surface area contributed by atoms with E-state index in [4.69, 9.17) is 59.0 Å². The SMILES string of the molecule is Cc1ccc(COCCOCCOCCOCCOc2ccc(Cl)c(OCCOCCOCCOCCOCc3ccc(C)cc3)c2)cc1. The number of halogens is 1. The summed E-state index contributed by atoms with van der Waals surface area (Å²) in [5.41, 5.74) is 4.80. The molecule has 0 fully saturated rings. The van der Waals surface area contributed by atoms with Crippen molar-refractivity contribution in [2.45, 2.75) is 27.1 Å². The Hall–Kier alpha value is -2.77. The Morgan fingerprint density at radius 2 is 0.735 bits per heavy atom. The molecule has 0 atom stereocenters. The molecule has 0 spiro atoms. The fraction of sp³-hybridized carbons (Fsp3) is 0.526. The van der Waals surface area contributed by atoms with Crippen LogP contribution in [0.1, 0.15) is 22.3 Å². The fourth-order valence-corrected chi connectivity index (χ4v) is 4.35. The third-order valence-corrected chi connectivity index (χ3v) is 7.21. The Labute approximate surface area is 296 Å². The van der Waals surface area contributed by atoms with Gasteiger partial charge in [0.05, 0.1) is 111 Å². The summed E-state index contributed by atoms with van der Waals surface area (Å²) in [7, 11) is 0. The first-order chi connectivity index (χ1) is 24.1. The van der Waals surface area contributed by atoms with E-state index in [9.17, 15) is 0 Å². The Morgan fingerprint density at radius 1 is 0.388 bits per heavy atom. The topological polar surface area (TPSA) is 92.3 Å². The van der Waals surface area contributed by atoms with Crippen molar-refractivity contribution in [1.29, 1.82) is 0 Å². The van der Waals surface area contributed by atoms with E-state index in [1.807, 2.05) is 0 Å². The van der Waals surface area contributed by atoms with Crippen molar-refractivity contribution >= 4 is 11.6 Å². The molecule has 0 saturated carbocycles. The zero-order valence-electron chi connectivity index (χ0n) is 29.0. The lowest BCUT2D eigenvalue weighted by molar-refractivity contribution is -0.00678. The minimum absolute atomic E-state index is 0.352. The molecular formula is C38H53ClO10. The van der Waals surface area contributed by atoms with Crippen LogP contribution in [0.3, 0.4) is 0 Å². The van der Waals surface area contributed by atoms with Crippen molar-refractivity contribution in [1.82, 2.24) is 0 Å². The lowest BCUT2D eigenvalue weighted by Crippen LogP contribution is -2.14. The molecule has 0 bridgehead atoms. The number of benzene rings is 3. The summed E-state index contributed by atoms with van der Waals surface area (Å²) in [6.07, 6.45) is 0. The van der Waals surface area contributed by atoms with E-state index in [-0.39, 0.29) is 0 Å². The number of hydrogen-bond acceptors (Lipinski definition) is 10. The van der Waals surface area contributed by atoms with Crippen LogP contribution in [0.15, 0.2) is 66.7 Å². The second-order valence-corrected chi connectivity index (χ2v) is 11.4. The van der Waals surface area contributed by atoms with E-state index in [1.165, 1.54) is 11.1 Å². The van der Waals surface area contributed by atoms with Crippen molar-refractivity contribution < 1.29 is 47.4 Å². The van der Waals surface area contributed by atoms with E-state index in [0.29, 0.717) is 135 Å². The minimum atomic E-state index is 0.352. The Morgan fingerprint density at radius 3 is 1.14 bits per heavy atom. The maximum absolute atomic E-state index is 6.28. The van der Waals surface area contributed by atoms with Crippen LogP contribution < -0.4 is 9.47 Å². The monoisotopic (exact) mass is 704 g/mol. The second kappa shape index (κ2) is 27.0. The summed E-state index contributed by atoms with van der Waals surface area (Å²) in [6.45, 7) is 13.0. The molecule has 0 unspecified atom stereocenters. The Bertz CT molecular complexity index is 1230. The summed E-state index contributed by atoms with van der Waals surface area (Å²) in [6, 6.07) is 21.9. The molecule has 0 amide bonds. The second-order valence-electron chi connectivity index (χ2n) is 11.0. The van der Waals surface area contributed by atoms with Gasteiger partial charge in [0.1, 0.15) is 24.7 Å². The van der Waals surface area contributed by atoms with Gasteiger partial charge in [0.15, 0.2) is 0 Å². The lowest BCUT2D eigenvalue weighted by atomic mass is 10.2. The molecule has 10 nitrogen and oxygen atoms in total. The van der Waals surface area contributed by atoms with Crippen molar-refractivity contribution in [3.8, 4) is 11.5 Å². The molecule has 0 saturated heterocycles. The van der Waals surface area contributed by atoms with Gasteiger partial charge in [0, 0.05) is 6.07 Å². The molecular weight excluding hydrogens is 652 g/mol. The van der Waals surface area contributed by atoms with Crippen LogP contribution in [-0.4, -0.2) is 106 Å². The Balaban J connectivity index is 1.05. The lowest BCUT2D eigenvalue weighted by Gasteiger charge is -2.12. The summed E-state index contributed by atoms with van der Waals surface area (Å²) in [4.78, 5) is 0. The first-order valence-electron chi connectivity index (χ1n) is 16.9. The van der Waals surface area contributed by atoms with E-state index in [0.717, 1.165) is 11.1 Å². The highest BCUT2D eigenvalue weighted by Gasteiger charge is 2.05. The van der Waals surface area contributed by atoms with Gasteiger partial charge in [0.25, 0.3) is 0 Å². The van der Waals surface area contributed by atoms with Crippen LogP contribution in [-0.2, 0) is 51.1 Å². The summed E-state index contributed by atoms with van der Waals surface area (Å²) in [5.74, 6) is 1.18. The zero-order valence-corrected chi connectivity index (χ0v) is 29.8. The average molecular weight is 705 g/mol. The first kappa shape index (κ1) is 40.7. The van der Waals surface area contributed by atoms with Crippen molar-refractivity contribution in [3.63, 3.8) is 0 Å². The van der Waals surface area contributed by atoms with Gasteiger partial charge in [-0.25, -0.2) is 0 Å². The summed E-state index contributed by atoms with van der Waals surface area (Å²) in [5, 5.41) is 0.503. The summed E-state index contributed by atoms with van der Waals surface area (Å²) >= 11 is 6.28. The molecule has 0 N–H and O–H groups in total. The third kappa shape index (κ3) is 20.5. The summed E-state index contributed by atoms with van der Waals surface area (Å²) < 4.78 is 56.1. The van der Waals surface area contributed by atoms with E-state index >= 15 is 0 Å². The maximum atomic E-state index is 6.28. The molecule has 272 valence electrons. The van der Waals surface area contributed by atoms with Gasteiger partial charge in [-0.1, -0.05) is 71.3 Å². The molecule has 11 heteroatoms. The highest BCUT2D eigenvalue weighted by Crippen LogP contribution is 2.29. The molecule has 0 aliphatic carbocycles. The van der Waals surface area contributed by atoms with Crippen molar-refractivity contribution in [2.24, 2.45) is 0 Å². The standard InChI is InChI=1S/C38H53ClO10/c1-32-3-7-34(8-4-32)30-46-23-21-42-15-13-40-17-19-44-25-27-48-36-11-12-37(39)38(29-36)49-28-26-45-20-18-41-14-16-43-22-24-47-31-35-9-5-33(2)6-10-35/h3-12,29H,13-28,30-31H2,1-2H3. The highest BCUT2D eigenvalue weighted by atomic mass is 35.5. The van der Waals surface area contributed by atoms with Gasteiger partial charge >= 0.3 is 0 Å². The van der Waals surface area contributed by atoms with Gasteiger partial charge in [-0.3, -0.25) is 0 Å². The van der Waals surface area contributed by atoms with E-state index in [1.54, 1.807) is 18.2 Å².